The number of halogens is 5. The van der Waals surface area contributed by atoms with Crippen LogP contribution in [0, 0.1) is 0 Å². The van der Waals surface area contributed by atoms with Gasteiger partial charge in [-0.3, -0.25) is 0 Å². The lowest BCUT2D eigenvalue weighted by Crippen LogP contribution is -2.45. The Morgan fingerprint density at radius 2 is 1.69 bits per heavy atom. The van der Waals surface area contributed by atoms with Gasteiger partial charge in [0.15, 0.2) is 0 Å². The third-order valence-corrected chi connectivity index (χ3v) is 1.05. The highest BCUT2D eigenvalue weighted by molar-refractivity contribution is 5.78. The zero-order valence-corrected chi connectivity index (χ0v) is 6.62. The summed E-state index contributed by atoms with van der Waals surface area (Å²) in [6, 6.07) is 0. The molecule has 0 N–H and O–H groups in total. The van der Waals surface area contributed by atoms with E-state index in [0.717, 1.165) is 0 Å². The number of esters is 1. The molecule has 0 radical (unpaired) electrons. The second-order valence-electron chi connectivity index (χ2n) is 2.21. The van der Waals surface area contributed by atoms with E-state index in [1.54, 1.807) is 0 Å². The van der Waals surface area contributed by atoms with Crippen molar-refractivity contribution in [2.24, 2.45) is 0 Å². The molecule has 0 bridgehead atoms. The molecule has 0 aliphatic heterocycles. The first-order valence-electron chi connectivity index (χ1n) is 3.35. The largest absolute Gasteiger partial charge is 0.465 e. The van der Waals surface area contributed by atoms with Gasteiger partial charge >= 0.3 is 18.1 Å². The maximum Gasteiger partial charge on any atom is 0.465 e. The number of alkyl halides is 5. The van der Waals surface area contributed by atoms with Crippen molar-refractivity contribution in [2.45, 2.75) is 25.4 Å². The highest BCUT2D eigenvalue weighted by atomic mass is 19.4. The highest BCUT2D eigenvalue weighted by Gasteiger charge is 2.64. The lowest BCUT2D eigenvalue weighted by Gasteiger charge is -2.17. The third-order valence-electron chi connectivity index (χ3n) is 1.05. The molecular formula is C6H7F5O2. The summed E-state index contributed by atoms with van der Waals surface area (Å²) in [5.74, 6) is -7.97. The summed E-state index contributed by atoms with van der Waals surface area (Å²) in [5.41, 5.74) is 0. The highest BCUT2D eigenvalue weighted by Crippen LogP contribution is 2.36. The Bertz CT molecular complexity index is 186. The van der Waals surface area contributed by atoms with Crippen LogP contribution in [0.4, 0.5) is 22.0 Å². The van der Waals surface area contributed by atoms with Gasteiger partial charge in [-0.05, 0) is 6.42 Å². The zero-order chi connectivity index (χ0) is 10.7. The van der Waals surface area contributed by atoms with Crippen molar-refractivity contribution in [3.05, 3.63) is 0 Å². The Morgan fingerprint density at radius 1 is 1.23 bits per heavy atom. The Hall–Kier alpha value is -0.880. The van der Waals surface area contributed by atoms with Gasteiger partial charge in [0, 0.05) is 0 Å². The fourth-order valence-electron chi connectivity index (χ4n) is 0.401. The third kappa shape index (κ3) is 2.82. The van der Waals surface area contributed by atoms with E-state index in [1.807, 2.05) is 0 Å². The summed E-state index contributed by atoms with van der Waals surface area (Å²) < 4.78 is 62.2. The van der Waals surface area contributed by atoms with Gasteiger partial charge in [-0.25, -0.2) is 4.79 Å². The second-order valence-corrected chi connectivity index (χ2v) is 2.21. The first-order chi connectivity index (χ1) is 5.73. The van der Waals surface area contributed by atoms with E-state index in [2.05, 4.69) is 4.74 Å². The molecule has 0 fully saturated rings. The molecule has 0 aromatic heterocycles. The van der Waals surface area contributed by atoms with E-state index in [4.69, 9.17) is 0 Å². The van der Waals surface area contributed by atoms with E-state index in [9.17, 15) is 26.7 Å². The SMILES string of the molecule is CCCOC(=O)C(F)(F)C(F)(F)F. The number of rotatable bonds is 3. The number of carbonyl (C=O) groups excluding carboxylic acids is 1. The Morgan fingerprint density at radius 3 is 2.00 bits per heavy atom. The van der Waals surface area contributed by atoms with Crippen molar-refractivity contribution in [3.63, 3.8) is 0 Å². The molecule has 0 aliphatic carbocycles. The maximum absolute atomic E-state index is 12.0. The number of carbonyl (C=O) groups is 1. The van der Waals surface area contributed by atoms with Crippen molar-refractivity contribution in [2.75, 3.05) is 6.61 Å². The van der Waals surface area contributed by atoms with E-state index in [0.29, 0.717) is 0 Å². The molecule has 0 rings (SSSR count). The lowest BCUT2D eigenvalue weighted by molar-refractivity contribution is -0.280. The molecule has 13 heavy (non-hydrogen) atoms. The molecule has 0 saturated carbocycles. The molecule has 0 aromatic rings. The molecule has 0 atom stereocenters. The van der Waals surface area contributed by atoms with E-state index < -0.39 is 24.7 Å². The first-order valence-corrected chi connectivity index (χ1v) is 3.35. The van der Waals surface area contributed by atoms with E-state index >= 15 is 0 Å². The maximum atomic E-state index is 12.0. The number of hydrogen-bond donors (Lipinski definition) is 0. The van der Waals surface area contributed by atoms with Gasteiger partial charge in [0.25, 0.3) is 0 Å². The van der Waals surface area contributed by atoms with Crippen LogP contribution in [-0.4, -0.2) is 24.7 Å². The van der Waals surface area contributed by atoms with Gasteiger partial charge < -0.3 is 4.74 Å². The van der Waals surface area contributed by atoms with Crippen LogP contribution in [0.5, 0.6) is 0 Å². The standard InChI is InChI=1S/C6H7F5O2/c1-2-3-13-4(12)5(7,8)6(9,10)11/h2-3H2,1H3. The average Bonchev–Trinajstić information content (AvgIpc) is 1.97. The van der Waals surface area contributed by atoms with E-state index in [-0.39, 0.29) is 6.42 Å². The molecule has 0 spiro atoms. The average molecular weight is 206 g/mol. The number of hydrogen-bond acceptors (Lipinski definition) is 2. The van der Waals surface area contributed by atoms with Crippen LogP contribution in [-0.2, 0) is 9.53 Å². The fourth-order valence-corrected chi connectivity index (χ4v) is 0.401. The second kappa shape index (κ2) is 3.89. The zero-order valence-electron chi connectivity index (χ0n) is 6.62. The Kier molecular flexibility index (Phi) is 3.62. The summed E-state index contributed by atoms with van der Waals surface area (Å²) in [4.78, 5) is 10.2. The molecule has 0 saturated heterocycles. The normalized spacial score (nSPS) is 12.8. The summed E-state index contributed by atoms with van der Waals surface area (Å²) in [7, 11) is 0. The minimum Gasteiger partial charge on any atom is -0.461 e. The molecule has 0 unspecified atom stereocenters. The molecule has 0 aliphatic rings. The minimum absolute atomic E-state index is 0.180. The molecule has 7 heteroatoms. The molecule has 0 amide bonds. The van der Waals surface area contributed by atoms with Crippen molar-refractivity contribution in [1.29, 1.82) is 0 Å². The van der Waals surface area contributed by atoms with Crippen LogP contribution in [0.15, 0.2) is 0 Å². The smallest absolute Gasteiger partial charge is 0.461 e. The van der Waals surface area contributed by atoms with Crippen LogP contribution >= 0.6 is 0 Å². The topological polar surface area (TPSA) is 26.3 Å². The molecular weight excluding hydrogens is 199 g/mol. The van der Waals surface area contributed by atoms with Crippen LogP contribution in [0.3, 0.4) is 0 Å². The van der Waals surface area contributed by atoms with Crippen molar-refractivity contribution in [1.82, 2.24) is 0 Å². The predicted octanol–water partition coefficient (Wildman–Crippen LogP) is 2.14. The Balaban J connectivity index is 4.37. The van der Waals surface area contributed by atoms with Crippen LogP contribution in [0.1, 0.15) is 13.3 Å². The van der Waals surface area contributed by atoms with Crippen LogP contribution < -0.4 is 0 Å². The summed E-state index contributed by atoms with van der Waals surface area (Å²) in [5, 5.41) is 0. The molecule has 2 nitrogen and oxygen atoms in total. The minimum atomic E-state index is -5.89. The monoisotopic (exact) mass is 206 g/mol. The van der Waals surface area contributed by atoms with Gasteiger partial charge in [0.05, 0.1) is 6.61 Å². The van der Waals surface area contributed by atoms with Crippen molar-refractivity contribution < 1.29 is 31.5 Å². The van der Waals surface area contributed by atoms with Gasteiger partial charge in [0.1, 0.15) is 0 Å². The van der Waals surface area contributed by atoms with Gasteiger partial charge in [-0.15, -0.1) is 0 Å². The quantitative estimate of drug-likeness (QED) is 0.522. The number of ether oxygens (including phenoxy) is 1. The summed E-state index contributed by atoms with van der Waals surface area (Å²) in [6.45, 7) is 1.02. The van der Waals surface area contributed by atoms with Crippen molar-refractivity contribution >= 4 is 5.97 Å². The van der Waals surface area contributed by atoms with Gasteiger partial charge in [-0.1, -0.05) is 6.92 Å². The molecule has 0 aromatic carbocycles. The summed E-state index contributed by atoms with van der Waals surface area (Å²) in [6.07, 6.45) is -5.71. The first kappa shape index (κ1) is 12.1. The van der Waals surface area contributed by atoms with Gasteiger partial charge in [-0.2, -0.15) is 22.0 Å². The van der Waals surface area contributed by atoms with Gasteiger partial charge in [0.2, 0.25) is 0 Å². The van der Waals surface area contributed by atoms with E-state index in [1.165, 1.54) is 6.92 Å². The lowest BCUT2D eigenvalue weighted by atomic mass is 10.3. The Labute approximate surface area is 70.7 Å². The molecule has 78 valence electrons. The van der Waals surface area contributed by atoms with Crippen molar-refractivity contribution in [3.8, 4) is 0 Å². The molecule has 0 heterocycles. The predicted molar refractivity (Wildman–Crippen MR) is 32.3 cm³/mol. The fraction of sp³-hybridized carbons (Fsp3) is 0.833. The van der Waals surface area contributed by atoms with Crippen LogP contribution in [0.25, 0.3) is 0 Å². The summed E-state index contributed by atoms with van der Waals surface area (Å²) >= 11 is 0. The van der Waals surface area contributed by atoms with Crippen LogP contribution in [0.2, 0.25) is 0 Å².